The summed E-state index contributed by atoms with van der Waals surface area (Å²) in [5.74, 6) is 0.973. The fourth-order valence-corrected chi connectivity index (χ4v) is 6.62. The van der Waals surface area contributed by atoms with E-state index < -0.39 is 11.7 Å². The fourth-order valence-electron chi connectivity index (χ4n) is 6.62. The molecule has 2 saturated carbocycles. The first-order chi connectivity index (χ1) is 15.3. The Morgan fingerprint density at radius 1 is 1.34 bits per heavy atom. The van der Waals surface area contributed by atoms with Crippen molar-refractivity contribution in [1.29, 1.82) is 0 Å². The molecular formula is C24H32F3N3O2. The fraction of sp³-hybridized carbons (Fsp3) is 0.750. The molecule has 0 bridgehead atoms. The van der Waals surface area contributed by atoms with Gasteiger partial charge in [-0.25, -0.2) is 0 Å². The van der Waals surface area contributed by atoms with Crippen LogP contribution in [0.5, 0.6) is 0 Å². The molecule has 1 aromatic rings. The van der Waals surface area contributed by atoms with E-state index in [1.165, 1.54) is 6.07 Å². The number of hydrogen-bond donors (Lipinski definition) is 1. The number of carbonyl (C=O) groups excluding carboxylic acids is 1. The predicted octanol–water partition coefficient (Wildman–Crippen LogP) is 3.95. The number of nitrogens with one attached hydrogen (secondary N) is 1. The first kappa shape index (κ1) is 22.1. The van der Waals surface area contributed by atoms with Gasteiger partial charge in [0, 0.05) is 50.1 Å². The maximum atomic E-state index is 13.8. The third-order valence-electron chi connectivity index (χ3n) is 8.31. The number of fused-ring (bicyclic) bond motifs is 2. The Labute approximate surface area is 187 Å². The van der Waals surface area contributed by atoms with Gasteiger partial charge in [0.15, 0.2) is 0 Å². The van der Waals surface area contributed by atoms with Crippen LogP contribution in [-0.4, -0.2) is 47.6 Å². The monoisotopic (exact) mass is 451 g/mol. The van der Waals surface area contributed by atoms with Crippen molar-refractivity contribution < 1.29 is 22.7 Å². The molecule has 3 fully saturated rings. The molecule has 3 heterocycles. The van der Waals surface area contributed by atoms with E-state index >= 15 is 0 Å². The molecule has 1 amide bonds. The zero-order valence-electron chi connectivity index (χ0n) is 18.6. The molecule has 0 spiro atoms. The molecule has 1 N–H and O–H groups in total. The Balaban J connectivity index is 1.31. The molecule has 4 aliphatic rings. The van der Waals surface area contributed by atoms with Crippen molar-refractivity contribution in [1.82, 2.24) is 15.2 Å². The van der Waals surface area contributed by atoms with E-state index in [-0.39, 0.29) is 17.9 Å². The highest BCUT2D eigenvalue weighted by atomic mass is 19.4. The second-order valence-electron chi connectivity index (χ2n) is 10.3. The lowest BCUT2D eigenvalue weighted by Crippen LogP contribution is -2.48. The average molecular weight is 452 g/mol. The zero-order valence-corrected chi connectivity index (χ0v) is 18.6. The standard InChI is InChI=1S/C24H32F3N3O2/c1-15-14-32-8-5-20(15)29-19-10-17-3-2-6-23(17,11-19)22(31)30-7-4-21-16(13-30)9-18(12-28-21)24(25,26)27/h9,12,15,17,19-20,29H,2-8,10-11,13-14H2,1H3/t15-,17+,19?,20+,23+/m0/s1. The number of ether oxygens (including phenoxy) is 1. The lowest BCUT2D eigenvalue weighted by molar-refractivity contribution is -0.144. The van der Waals surface area contributed by atoms with Crippen LogP contribution in [-0.2, 0) is 28.7 Å². The van der Waals surface area contributed by atoms with Gasteiger partial charge in [0.2, 0.25) is 5.91 Å². The number of rotatable bonds is 3. The van der Waals surface area contributed by atoms with Gasteiger partial charge in [-0.2, -0.15) is 13.2 Å². The Kier molecular flexibility index (Phi) is 5.73. The van der Waals surface area contributed by atoms with Gasteiger partial charge in [-0.15, -0.1) is 0 Å². The molecular weight excluding hydrogens is 419 g/mol. The third kappa shape index (κ3) is 3.94. The van der Waals surface area contributed by atoms with Crippen LogP contribution in [0.15, 0.2) is 12.3 Å². The number of carbonyl (C=O) groups is 1. The number of pyridine rings is 1. The Hall–Kier alpha value is -1.67. The van der Waals surface area contributed by atoms with Crippen molar-refractivity contribution in [2.75, 3.05) is 19.8 Å². The summed E-state index contributed by atoms with van der Waals surface area (Å²) in [6.45, 7) is 4.53. The van der Waals surface area contributed by atoms with Crippen molar-refractivity contribution in [3.8, 4) is 0 Å². The first-order valence-electron chi connectivity index (χ1n) is 11.9. The first-order valence-corrected chi connectivity index (χ1v) is 11.9. The lowest BCUT2D eigenvalue weighted by Gasteiger charge is -2.38. The molecule has 8 heteroatoms. The van der Waals surface area contributed by atoms with Gasteiger partial charge in [-0.3, -0.25) is 9.78 Å². The van der Waals surface area contributed by atoms with E-state index in [9.17, 15) is 18.0 Å². The van der Waals surface area contributed by atoms with Gasteiger partial charge in [0.25, 0.3) is 0 Å². The Bertz CT molecular complexity index is 877. The van der Waals surface area contributed by atoms with Crippen molar-refractivity contribution in [3.63, 3.8) is 0 Å². The van der Waals surface area contributed by atoms with E-state index in [1.807, 2.05) is 4.90 Å². The number of amides is 1. The van der Waals surface area contributed by atoms with Crippen LogP contribution >= 0.6 is 0 Å². The van der Waals surface area contributed by atoms with Crippen LogP contribution in [0.25, 0.3) is 0 Å². The highest BCUT2D eigenvalue weighted by Crippen LogP contribution is 2.55. The van der Waals surface area contributed by atoms with Gasteiger partial charge < -0.3 is 15.0 Å². The normalized spacial score (nSPS) is 34.9. The molecule has 176 valence electrons. The van der Waals surface area contributed by atoms with Gasteiger partial charge >= 0.3 is 6.18 Å². The maximum Gasteiger partial charge on any atom is 0.417 e. The number of hydrogen-bond acceptors (Lipinski definition) is 4. The largest absolute Gasteiger partial charge is 0.417 e. The highest BCUT2D eigenvalue weighted by molar-refractivity contribution is 5.84. The average Bonchev–Trinajstić information content (AvgIpc) is 3.31. The predicted molar refractivity (Wildman–Crippen MR) is 113 cm³/mol. The summed E-state index contributed by atoms with van der Waals surface area (Å²) in [5.41, 5.74) is 0.118. The molecule has 0 radical (unpaired) electrons. The van der Waals surface area contributed by atoms with Gasteiger partial charge in [0.05, 0.1) is 17.6 Å². The Morgan fingerprint density at radius 3 is 2.97 bits per heavy atom. The van der Waals surface area contributed by atoms with E-state index in [1.54, 1.807) is 0 Å². The molecule has 5 atom stereocenters. The molecule has 1 aromatic heterocycles. The number of nitrogens with zero attached hydrogens (tertiary/aromatic N) is 2. The molecule has 32 heavy (non-hydrogen) atoms. The van der Waals surface area contributed by atoms with E-state index in [4.69, 9.17) is 4.74 Å². The minimum atomic E-state index is -4.42. The maximum absolute atomic E-state index is 13.8. The van der Waals surface area contributed by atoms with Crippen molar-refractivity contribution >= 4 is 5.91 Å². The lowest BCUT2D eigenvalue weighted by atomic mass is 9.78. The second-order valence-corrected chi connectivity index (χ2v) is 10.3. The van der Waals surface area contributed by atoms with Gasteiger partial charge in [0.1, 0.15) is 0 Å². The quantitative estimate of drug-likeness (QED) is 0.756. The summed E-state index contributed by atoms with van der Waals surface area (Å²) in [6.07, 6.45) is 2.87. The van der Waals surface area contributed by atoms with Crippen molar-refractivity contribution in [2.24, 2.45) is 17.3 Å². The van der Waals surface area contributed by atoms with E-state index in [2.05, 4.69) is 17.2 Å². The summed E-state index contributed by atoms with van der Waals surface area (Å²) < 4.78 is 45.1. The molecule has 5 nitrogen and oxygen atoms in total. The topological polar surface area (TPSA) is 54.5 Å². The SMILES string of the molecule is C[C@H]1COCC[C@H]1NC1C[C@H]2CCC[C@@]2(C(=O)N2CCc3ncc(C(F)(F)F)cc3C2)C1. The van der Waals surface area contributed by atoms with Crippen molar-refractivity contribution in [2.45, 2.75) is 76.7 Å². The molecule has 0 aromatic carbocycles. The number of aromatic nitrogens is 1. The zero-order chi connectivity index (χ0) is 22.5. The van der Waals surface area contributed by atoms with Crippen molar-refractivity contribution in [3.05, 3.63) is 29.1 Å². The van der Waals surface area contributed by atoms with Crippen LogP contribution in [0.1, 0.15) is 62.3 Å². The Morgan fingerprint density at radius 2 is 2.19 bits per heavy atom. The summed E-state index contributed by atoms with van der Waals surface area (Å²) in [5, 5.41) is 3.83. The van der Waals surface area contributed by atoms with Gasteiger partial charge in [-0.05, 0) is 55.6 Å². The van der Waals surface area contributed by atoms with Gasteiger partial charge in [-0.1, -0.05) is 13.3 Å². The summed E-state index contributed by atoms with van der Waals surface area (Å²) in [7, 11) is 0. The minimum absolute atomic E-state index is 0.146. The third-order valence-corrected chi connectivity index (χ3v) is 8.31. The second kappa shape index (κ2) is 8.28. The summed E-state index contributed by atoms with van der Waals surface area (Å²) >= 11 is 0. The van der Waals surface area contributed by atoms with Crippen LogP contribution in [0.3, 0.4) is 0 Å². The van der Waals surface area contributed by atoms with E-state index in [0.717, 1.165) is 57.9 Å². The molecule has 2 aliphatic carbocycles. The molecule has 1 saturated heterocycles. The number of alkyl halides is 3. The minimum Gasteiger partial charge on any atom is -0.381 e. The van der Waals surface area contributed by atoms with E-state index in [0.29, 0.717) is 48.1 Å². The molecule has 1 unspecified atom stereocenters. The van der Waals surface area contributed by atoms with Crippen LogP contribution < -0.4 is 5.32 Å². The molecule has 2 aliphatic heterocycles. The summed E-state index contributed by atoms with van der Waals surface area (Å²) in [6, 6.07) is 1.93. The smallest absolute Gasteiger partial charge is 0.381 e. The summed E-state index contributed by atoms with van der Waals surface area (Å²) in [4.78, 5) is 19.7. The van der Waals surface area contributed by atoms with Crippen LogP contribution in [0.4, 0.5) is 13.2 Å². The van der Waals surface area contributed by atoms with Crippen LogP contribution in [0, 0.1) is 17.3 Å². The number of halogens is 3. The highest BCUT2D eigenvalue weighted by Gasteiger charge is 2.56. The van der Waals surface area contributed by atoms with Crippen LogP contribution in [0.2, 0.25) is 0 Å². The molecule has 5 rings (SSSR count).